The zero-order valence-corrected chi connectivity index (χ0v) is 25.5. The molecule has 0 N–H and O–H groups in total. The number of benzene rings is 7. The fraction of sp³-hybridized carbons (Fsp3) is 0. The van der Waals surface area contributed by atoms with E-state index in [-0.39, 0.29) is 0 Å². The molecule has 0 aliphatic rings. The van der Waals surface area contributed by atoms with E-state index in [2.05, 4.69) is 150 Å². The summed E-state index contributed by atoms with van der Waals surface area (Å²) in [6, 6.07) is 54.1. The second-order valence-corrected chi connectivity index (χ2v) is 12.9. The van der Waals surface area contributed by atoms with Gasteiger partial charge in [-0.15, -0.1) is 11.3 Å². The summed E-state index contributed by atoms with van der Waals surface area (Å²) < 4.78 is 4.88. The van der Waals surface area contributed by atoms with Gasteiger partial charge in [0.15, 0.2) is 0 Å². The Morgan fingerprint density at radius 1 is 0.478 bits per heavy atom. The molecular formula is C42H25N3S. The molecule has 3 heterocycles. The molecule has 10 rings (SSSR count). The Bertz CT molecular complexity index is 2810. The van der Waals surface area contributed by atoms with Gasteiger partial charge in [0, 0.05) is 47.5 Å². The minimum atomic E-state index is 0.671. The third-order valence-electron chi connectivity index (χ3n) is 9.20. The molecule has 3 nitrogen and oxygen atoms in total. The SMILES string of the molecule is c1ccc(-c2nc(-n3c4ccccc4c4cccc(-c5ccc6sc7ccc8ccccc8c7c6c5)c43)nc3ccccc23)cc1. The van der Waals surface area contributed by atoms with Crippen molar-refractivity contribution < 1.29 is 0 Å². The van der Waals surface area contributed by atoms with Crippen LogP contribution < -0.4 is 0 Å². The lowest BCUT2D eigenvalue weighted by Gasteiger charge is -2.13. The van der Waals surface area contributed by atoms with Crippen LogP contribution in [0.25, 0.3) is 92.0 Å². The van der Waals surface area contributed by atoms with Crippen molar-refractivity contribution in [3.8, 4) is 28.3 Å². The summed E-state index contributed by atoms with van der Waals surface area (Å²) in [7, 11) is 0. The van der Waals surface area contributed by atoms with Crippen LogP contribution in [0.2, 0.25) is 0 Å². The molecule has 0 atom stereocenters. The maximum atomic E-state index is 5.32. The molecule has 10 aromatic rings. The van der Waals surface area contributed by atoms with E-state index < -0.39 is 0 Å². The van der Waals surface area contributed by atoms with Gasteiger partial charge < -0.3 is 0 Å². The molecule has 0 amide bonds. The molecule has 0 saturated carbocycles. The highest BCUT2D eigenvalue weighted by Crippen LogP contribution is 2.43. The summed E-state index contributed by atoms with van der Waals surface area (Å²) in [5.41, 5.74) is 7.47. The molecule has 0 radical (unpaired) electrons. The van der Waals surface area contributed by atoms with Crippen LogP contribution >= 0.6 is 11.3 Å². The Labute approximate surface area is 268 Å². The van der Waals surface area contributed by atoms with E-state index in [4.69, 9.17) is 9.97 Å². The van der Waals surface area contributed by atoms with Crippen LogP contribution in [0.4, 0.5) is 0 Å². The number of para-hydroxylation sites is 3. The van der Waals surface area contributed by atoms with Crippen LogP contribution in [0.3, 0.4) is 0 Å². The van der Waals surface area contributed by atoms with Crippen LogP contribution in [0.5, 0.6) is 0 Å². The first kappa shape index (κ1) is 25.5. The van der Waals surface area contributed by atoms with Gasteiger partial charge in [-0.1, -0.05) is 121 Å². The predicted molar refractivity (Wildman–Crippen MR) is 195 cm³/mol. The summed E-state index contributed by atoms with van der Waals surface area (Å²) in [6.07, 6.45) is 0. The van der Waals surface area contributed by atoms with Crippen molar-refractivity contribution in [1.82, 2.24) is 14.5 Å². The van der Waals surface area contributed by atoms with Crippen molar-refractivity contribution in [2.24, 2.45) is 0 Å². The predicted octanol–water partition coefficient (Wildman–Crippen LogP) is 11.6. The molecule has 0 bridgehead atoms. The summed E-state index contributed by atoms with van der Waals surface area (Å²) in [5.74, 6) is 0.671. The highest BCUT2D eigenvalue weighted by molar-refractivity contribution is 7.26. The Hall–Kier alpha value is -5.84. The molecule has 4 heteroatoms. The zero-order valence-electron chi connectivity index (χ0n) is 24.7. The third-order valence-corrected chi connectivity index (χ3v) is 10.3. The second-order valence-electron chi connectivity index (χ2n) is 11.8. The molecule has 0 spiro atoms. The number of nitrogens with zero attached hydrogens (tertiary/aromatic N) is 3. The largest absolute Gasteiger partial charge is 0.277 e. The van der Waals surface area contributed by atoms with Gasteiger partial charge in [0.25, 0.3) is 0 Å². The first-order valence-electron chi connectivity index (χ1n) is 15.5. The number of rotatable bonds is 3. The zero-order chi connectivity index (χ0) is 30.2. The Morgan fingerprint density at radius 3 is 2.13 bits per heavy atom. The number of fused-ring (bicyclic) bond motifs is 9. The molecule has 0 aliphatic heterocycles. The van der Waals surface area contributed by atoms with Crippen LogP contribution in [-0.2, 0) is 0 Å². The summed E-state index contributed by atoms with van der Waals surface area (Å²) in [6.45, 7) is 0. The maximum absolute atomic E-state index is 5.32. The number of hydrogen-bond donors (Lipinski definition) is 0. The summed E-state index contributed by atoms with van der Waals surface area (Å²) >= 11 is 1.86. The maximum Gasteiger partial charge on any atom is 0.235 e. The van der Waals surface area contributed by atoms with E-state index in [1.165, 1.54) is 47.3 Å². The Morgan fingerprint density at radius 2 is 1.22 bits per heavy atom. The van der Waals surface area contributed by atoms with E-state index >= 15 is 0 Å². The average molecular weight is 604 g/mol. The molecular weight excluding hydrogens is 579 g/mol. The van der Waals surface area contributed by atoms with Crippen LogP contribution in [0.1, 0.15) is 0 Å². The van der Waals surface area contributed by atoms with E-state index in [0.717, 1.165) is 38.8 Å². The quantitative estimate of drug-likeness (QED) is 0.201. The van der Waals surface area contributed by atoms with Crippen molar-refractivity contribution in [2.75, 3.05) is 0 Å². The van der Waals surface area contributed by atoms with Gasteiger partial charge >= 0.3 is 0 Å². The highest BCUT2D eigenvalue weighted by atomic mass is 32.1. The van der Waals surface area contributed by atoms with Gasteiger partial charge in [-0.05, 0) is 46.7 Å². The molecule has 0 aliphatic carbocycles. The topological polar surface area (TPSA) is 30.7 Å². The van der Waals surface area contributed by atoms with Crippen LogP contribution in [0, 0.1) is 0 Å². The minimum absolute atomic E-state index is 0.671. The third kappa shape index (κ3) is 3.71. The molecule has 46 heavy (non-hydrogen) atoms. The molecule has 0 saturated heterocycles. The summed E-state index contributed by atoms with van der Waals surface area (Å²) in [4.78, 5) is 10.5. The molecule has 3 aromatic heterocycles. The molecule has 0 unspecified atom stereocenters. The Balaban J connectivity index is 1.30. The molecule has 7 aromatic carbocycles. The van der Waals surface area contributed by atoms with E-state index in [9.17, 15) is 0 Å². The van der Waals surface area contributed by atoms with E-state index in [1.807, 2.05) is 17.4 Å². The lowest BCUT2D eigenvalue weighted by atomic mass is 9.98. The fourth-order valence-corrected chi connectivity index (χ4v) is 8.26. The van der Waals surface area contributed by atoms with Gasteiger partial charge in [-0.3, -0.25) is 4.57 Å². The lowest BCUT2D eigenvalue weighted by Crippen LogP contribution is -2.04. The molecule has 214 valence electrons. The van der Waals surface area contributed by atoms with E-state index in [1.54, 1.807) is 0 Å². The fourth-order valence-electron chi connectivity index (χ4n) is 7.15. The standard InChI is InChI=1S/C42H25N3S/c1-2-12-27(13-3-1)40-33-16-6-8-19-35(33)43-42(44-40)45-36-20-9-7-15-31(36)32-18-10-17-30(41(32)45)28-22-23-37-34(25-28)39-29-14-5-4-11-26(29)21-24-38(39)46-37/h1-25H. The van der Waals surface area contributed by atoms with Crippen molar-refractivity contribution in [3.05, 3.63) is 152 Å². The van der Waals surface area contributed by atoms with Gasteiger partial charge in [-0.25, -0.2) is 9.97 Å². The lowest BCUT2D eigenvalue weighted by molar-refractivity contribution is 1.01. The highest BCUT2D eigenvalue weighted by Gasteiger charge is 2.20. The van der Waals surface area contributed by atoms with Crippen LogP contribution in [0.15, 0.2) is 152 Å². The molecule has 0 fully saturated rings. The van der Waals surface area contributed by atoms with Gasteiger partial charge in [0.05, 0.1) is 22.2 Å². The van der Waals surface area contributed by atoms with Crippen molar-refractivity contribution in [2.45, 2.75) is 0 Å². The van der Waals surface area contributed by atoms with Gasteiger partial charge in [0.2, 0.25) is 5.95 Å². The van der Waals surface area contributed by atoms with Crippen molar-refractivity contribution in [1.29, 1.82) is 0 Å². The summed E-state index contributed by atoms with van der Waals surface area (Å²) in [5, 5.41) is 8.61. The first-order chi connectivity index (χ1) is 22.8. The van der Waals surface area contributed by atoms with Gasteiger partial charge in [-0.2, -0.15) is 0 Å². The number of thiophene rings is 1. The first-order valence-corrected chi connectivity index (χ1v) is 16.3. The normalized spacial score (nSPS) is 11.9. The monoisotopic (exact) mass is 603 g/mol. The van der Waals surface area contributed by atoms with Gasteiger partial charge in [0.1, 0.15) is 0 Å². The van der Waals surface area contributed by atoms with Crippen LogP contribution in [-0.4, -0.2) is 14.5 Å². The van der Waals surface area contributed by atoms with Crippen molar-refractivity contribution >= 4 is 75.0 Å². The van der Waals surface area contributed by atoms with Crippen molar-refractivity contribution in [3.63, 3.8) is 0 Å². The second kappa shape index (κ2) is 9.83. The smallest absolute Gasteiger partial charge is 0.235 e. The Kier molecular flexibility index (Phi) is 5.45. The van der Waals surface area contributed by atoms with E-state index in [0.29, 0.717) is 5.95 Å². The number of hydrogen-bond acceptors (Lipinski definition) is 3. The average Bonchev–Trinajstić information content (AvgIpc) is 3.67. The number of aromatic nitrogens is 3. The minimum Gasteiger partial charge on any atom is -0.277 e.